The third-order valence-corrected chi connectivity index (χ3v) is 6.00. The molecule has 6 nitrogen and oxygen atoms in total. The van der Waals surface area contributed by atoms with Crippen molar-refractivity contribution in [1.82, 2.24) is 4.90 Å². The van der Waals surface area contributed by atoms with Crippen molar-refractivity contribution in [1.29, 1.82) is 0 Å². The molecule has 0 saturated heterocycles. The summed E-state index contributed by atoms with van der Waals surface area (Å²) in [5, 5.41) is 9.78. The number of nitrogens with zero attached hydrogens (tertiary/aromatic N) is 1. The highest BCUT2D eigenvalue weighted by Crippen LogP contribution is 2.51. The van der Waals surface area contributed by atoms with Gasteiger partial charge in [-0.25, -0.2) is 4.79 Å². The van der Waals surface area contributed by atoms with Crippen LogP contribution in [0.4, 0.5) is 0 Å². The van der Waals surface area contributed by atoms with E-state index in [0.717, 1.165) is 11.3 Å². The summed E-state index contributed by atoms with van der Waals surface area (Å²) in [6.45, 7) is 4.34. The van der Waals surface area contributed by atoms with E-state index in [-0.39, 0.29) is 30.8 Å². The van der Waals surface area contributed by atoms with Crippen molar-refractivity contribution in [3.63, 3.8) is 0 Å². The zero-order valence-corrected chi connectivity index (χ0v) is 17.1. The van der Waals surface area contributed by atoms with Gasteiger partial charge in [0.05, 0.1) is 17.7 Å². The summed E-state index contributed by atoms with van der Waals surface area (Å²) in [4.78, 5) is 39.0. The van der Waals surface area contributed by atoms with E-state index in [1.54, 1.807) is 12.1 Å². The fourth-order valence-corrected chi connectivity index (χ4v) is 4.68. The monoisotopic (exact) mass is 415 g/mol. The molecule has 152 valence electrons. The third-order valence-electron chi connectivity index (χ3n) is 5.75. The first-order valence-corrected chi connectivity index (χ1v) is 9.97. The molecule has 1 N–H and O–H groups in total. The first kappa shape index (κ1) is 19.7. The predicted octanol–water partition coefficient (Wildman–Crippen LogP) is 3.67. The maximum atomic E-state index is 13.3. The van der Waals surface area contributed by atoms with Crippen LogP contribution in [0, 0.1) is 5.41 Å². The molecule has 0 fully saturated rings. The number of halogens is 1. The van der Waals surface area contributed by atoms with Crippen molar-refractivity contribution >= 4 is 29.3 Å². The molecule has 1 aliphatic carbocycles. The third kappa shape index (κ3) is 3.46. The Balaban J connectivity index is 1.91. The van der Waals surface area contributed by atoms with E-state index in [4.69, 9.17) is 16.3 Å². The predicted molar refractivity (Wildman–Crippen MR) is 106 cm³/mol. The van der Waals surface area contributed by atoms with Crippen LogP contribution >= 0.6 is 11.6 Å². The second-order valence-corrected chi connectivity index (χ2v) is 8.95. The van der Waals surface area contributed by atoms with Crippen LogP contribution in [-0.4, -0.2) is 40.9 Å². The summed E-state index contributed by atoms with van der Waals surface area (Å²) in [6.07, 6.45) is 0.908. The van der Waals surface area contributed by atoms with Gasteiger partial charge in [-0.3, -0.25) is 9.59 Å². The maximum absolute atomic E-state index is 13.3. The van der Waals surface area contributed by atoms with Gasteiger partial charge in [-0.05, 0) is 29.5 Å². The van der Waals surface area contributed by atoms with Gasteiger partial charge in [0.2, 0.25) is 0 Å². The Morgan fingerprint density at radius 1 is 1.17 bits per heavy atom. The zero-order chi connectivity index (χ0) is 20.9. The highest BCUT2D eigenvalue weighted by Gasteiger charge is 2.48. The fraction of sp³-hybridized carbons (Fsp3) is 0.409. The molecule has 29 heavy (non-hydrogen) atoms. The topological polar surface area (TPSA) is 83.9 Å². The minimum Gasteiger partial charge on any atom is -0.481 e. The quantitative estimate of drug-likeness (QED) is 0.755. The number of Topliss-reactive ketones (excluding diaryl/α,β-unsaturated/α-hetero) is 1. The van der Waals surface area contributed by atoms with Gasteiger partial charge in [0, 0.05) is 35.2 Å². The number of ketones is 1. The summed E-state index contributed by atoms with van der Waals surface area (Å²) < 4.78 is 5.34. The van der Waals surface area contributed by atoms with E-state index in [9.17, 15) is 19.5 Å². The summed E-state index contributed by atoms with van der Waals surface area (Å²) in [5.41, 5.74) is 3.05. The fourth-order valence-electron chi connectivity index (χ4n) is 4.56. The zero-order valence-electron chi connectivity index (χ0n) is 16.3. The second kappa shape index (κ2) is 7.02. The van der Waals surface area contributed by atoms with Gasteiger partial charge in [-0.15, -0.1) is 0 Å². The highest BCUT2D eigenvalue weighted by molar-refractivity contribution is 6.30. The summed E-state index contributed by atoms with van der Waals surface area (Å²) in [5.74, 6) is -1.91. The van der Waals surface area contributed by atoms with Gasteiger partial charge in [-0.2, -0.15) is 0 Å². The van der Waals surface area contributed by atoms with Crippen molar-refractivity contribution in [2.45, 2.75) is 39.0 Å². The number of benzene rings is 1. The average Bonchev–Trinajstić information content (AvgIpc) is 3.00. The molecule has 0 aromatic heterocycles. The second-order valence-electron chi connectivity index (χ2n) is 8.52. The molecule has 1 atom stereocenters. The molecular formula is C22H22ClNO5. The molecule has 1 unspecified atom stereocenters. The van der Waals surface area contributed by atoms with Crippen LogP contribution in [0.15, 0.2) is 46.8 Å². The molecule has 3 aliphatic rings. The SMILES string of the molecule is CC1(C)CC(=O)C2=C(C1)N(CCC(=O)O)C1=C(C(=O)OC1)C2c1ccc(Cl)cc1. The number of hydrogen-bond acceptors (Lipinski definition) is 5. The Morgan fingerprint density at radius 3 is 2.52 bits per heavy atom. The Bertz CT molecular complexity index is 973. The van der Waals surface area contributed by atoms with Crippen molar-refractivity contribution in [3.05, 3.63) is 57.4 Å². The normalized spacial score (nSPS) is 23.1. The molecule has 0 radical (unpaired) electrons. The van der Waals surface area contributed by atoms with Gasteiger partial charge < -0.3 is 14.7 Å². The number of carboxylic acid groups (broad SMARTS) is 1. The lowest BCUT2D eigenvalue weighted by Gasteiger charge is -2.43. The first-order valence-electron chi connectivity index (χ1n) is 9.59. The van der Waals surface area contributed by atoms with Crippen LogP contribution < -0.4 is 0 Å². The summed E-state index contributed by atoms with van der Waals surface area (Å²) >= 11 is 6.04. The van der Waals surface area contributed by atoms with Crippen LogP contribution in [0.2, 0.25) is 5.02 Å². The van der Waals surface area contributed by atoms with Crippen LogP contribution in [0.25, 0.3) is 0 Å². The van der Waals surface area contributed by atoms with E-state index in [0.29, 0.717) is 34.7 Å². The lowest BCUT2D eigenvalue weighted by atomic mass is 9.68. The number of carbonyl (C=O) groups excluding carboxylic acids is 2. The van der Waals surface area contributed by atoms with Crippen molar-refractivity contribution in [2.24, 2.45) is 5.41 Å². The number of ether oxygens (including phenoxy) is 1. The first-order chi connectivity index (χ1) is 13.7. The highest BCUT2D eigenvalue weighted by atomic mass is 35.5. The number of carboxylic acids is 1. The molecule has 7 heteroatoms. The molecule has 1 aromatic rings. The molecule has 0 amide bonds. The molecule has 0 spiro atoms. The Hall–Kier alpha value is -2.60. The lowest BCUT2D eigenvalue weighted by molar-refractivity contribution is -0.138. The van der Waals surface area contributed by atoms with E-state index in [1.807, 2.05) is 30.9 Å². The van der Waals surface area contributed by atoms with Gasteiger partial charge >= 0.3 is 11.9 Å². The van der Waals surface area contributed by atoms with Crippen LogP contribution in [0.5, 0.6) is 0 Å². The van der Waals surface area contributed by atoms with Crippen LogP contribution in [0.3, 0.4) is 0 Å². The molecule has 2 aliphatic heterocycles. The summed E-state index contributed by atoms with van der Waals surface area (Å²) in [6, 6.07) is 7.14. The molecule has 2 heterocycles. The Labute approximate surface area is 173 Å². The van der Waals surface area contributed by atoms with Gasteiger partial charge in [0.15, 0.2) is 5.78 Å². The molecule has 0 bridgehead atoms. The van der Waals surface area contributed by atoms with E-state index >= 15 is 0 Å². The number of carbonyl (C=O) groups is 3. The van der Waals surface area contributed by atoms with Crippen molar-refractivity contribution in [2.75, 3.05) is 13.2 Å². The smallest absolute Gasteiger partial charge is 0.337 e. The number of cyclic esters (lactones) is 1. The van der Waals surface area contributed by atoms with Crippen molar-refractivity contribution in [3.8, 4) is 0 Å². The number of esters is 1. The minimum absolute atomic E-state index is 0.0113. The molecule has 1 aromatic carbocycles. The minimum atomic E-state index is -0.930. The van der Waals surface area contributed by atoms with E-state index in [1.165, 1.54) is 0 Å². The van der Waals surface area contributed by atoms with Crippen molar-refractivity contribution < 1.29 is 24.2 Å². The van der Waals surface area contributed by atoms with E-state index < -0.39 is 17.9 Å². The maximum Gasteiger partial charge on any atom is 0.337 e. The van der Waals surface area contributed by atoms with Gasteiger partial charge in [-0.1, -0.05) is 37.6 Å². The average molecular weight is 416 g/mol. The Morgan fingerprint density at radius 2 is 1.86 bits per heavy atom. The molecule has 4 rings (SSSR count). The standard InChI is InChI=1S/C22H22ClNO5/c1-22(2)9-14-19(16(25)10-22)18(12-3-5-13(23)6-4-12)20-15(11-29-21(20)28)24(14)8-7-17(26)27/h3-6,18H,7-11H2,1-2H3,(H,26,27). The molecular weight excluding hydrogens is 394 g/mol. The van der Waals surface area contributed by atoms with E-state index in [2.05, 4.69) is 0 Å². The largest absolute Gasteiger partial charge is 0.481 e. The van der Waals surface area contributed by atoms with Crippen LogP contribution in [0.1, 0.15) is 44.6 Å². The lowest BCUT2D eigenvalue weighted by Crippen LogP contribution is -2.40. The summed E-state index contributed by atoms with van der Waals surface area (Å²) in [7, 11) is 0. The number of allylic oxidation sites excluding steroid dienone is 2. The van der Waals surface area contributed by atoms with Crippen LogP contribution in [-0.2, 0) is 19.1 Å². The Kier molecular flexibility index (Phi) is 4.77. The number of aliphatic carboxylic acids is 1. The van der Waals surface area contributed by atoms with Gasteiger partial charge in [0.1, 0.15) is 6.61 Å². The van der Waals surface area contributed by atoms with Gasteiger partial charge in [0.25, 0.3) is 0 Å². The number of hydrogen-bond donors (Lipinski definition) is 1. The number of rotatable bonds is 4. The molecule has 0 saturated carbocycles.